The number of hydrogen-bond acceptors (Lipinski definition) is 2. The number of nitrogens with zero attached hydrogens (tertiary/aromatic N) is 1. The summed E-state index contributed by atoms with van der Waals surface area (Å²) in [6, 6.07) is 7.24. The molecule has 0 radical (unpaired) electrons. The van der Waals surface area contributed by atoms with E-state index in [0.29, 0.717) is 0 Å². The Morgan fingerprint density at radius 3 is 2.26 bits per heavy atom. The van der Waals surface area contributed by atoms with E-state index >= 15 is 0 Å². The molecule has 2 aromatic rings. The number of hydrogen-bond donors (Lipinski definition) is 1. The van der Waals surface area contributed by atoms with E-state index in [2.05, 4.69) is 4.98 Å². The van der Waals surface area contributed by atoms with Crippen molar-refractivity contribution in [2.75, 3.05) is 0 Å². The summed E-state index contributed by atoms with van der Waals surface area (Å²) in [6.07, 6.45) is -3.25. The summed E-state index contributed by atoms with van der Waals surface area (Å²) in [4.78, 5) is 14.4. The zero-order chi connectivity index (χ0) is 14.0. The summed E-state index contributed by atoms with van der Waals surface area (Å²) in [6.45, 7) is 0. The smallest absolute Gasteiger partial charge is 0.418 e. The number of halogens is 3. The van der Waals surface area contributed by atoms with Crippen LogP contribution >= 0.6 is 0 Å². The number of carboxylic acids is 1. The lowest BCUT2D eigenvalue weighted by Crippen LogP contribution is -2.08. The molecular weight excluding hydrogens is 259 g/mol. The quantitative estimate of drug-likeness (QED) is 0.906. The van der Waals surface area contributed by atoms with Gasteiger partial charge in [-0.05, 0) is 24.3 Å². The number of benzene rings is 1. The molecule has 0 atom stereocenters. The first kappa shape index (κ1) is 13.1. The second-order valence-corrected chi connectivity index (χ2v) is 3.78. The lowest BCUT2D eigenvalue weighted by Gasteiger charge is -2.11. The number of aromatic carboxylic acids is 1. The average molecular weight is 267 g/mol. The molecule has 6 heteroatoms. The summed E-state index contributed by atoms with van der Waals surface area (Å²) in [7, 11) is 0. The van der Waals surface area contributed by atoms with Crippen molar-refractivity contribution >= 4 is 5.97 Å². The molecule has 3 nitrogen and oxygen atoms in total. The third kappa shape index (κ3) is 2.73. The van der Waals surface area contributed by atoms with E-state index in [-0.39, 0.29) is 16.8 Å². The number of pyridine rings is 1. The molecule has 0 aliphatic carbocycles. The Morgan fingerprint density at radius 2 is 1.74 bits per heavy atom. The van der Waals surface area contributed by atoms with Gasteiger partial charge >= 0.3 is 12.1 Å². The van der Waals surface area contributed by atoms with Gasteiger partial charge in [0, 0.05) is 11.8 Å². The first-order chi connectivity index (χ1) is 8.89. The Kier molecular flexibility index (Phi) is 3.25. The van der Waals surface area contributed by atoms with Gasteiger partial charge in [-0.2, -0.15) is 13.2 Å². The Balaban J connectivity index is 2.50. The third-order valence-corrected chi connectivity index (χ3v) is 2.52. The fourth-order valence-electron chi connectivity index (χ4n) is 1.63. The van der Waals surface area contributed by atoms with Crippen LogP contribution in [0.3, 0.4) is 0 Å². The highest BCUT2D eigenvalue weighted by Crippen LogP contribution is 2.35. The van der Waals surface area contributed by atoms with E-state index in [4.69, 9.17) is 5.11 Å². The molecule has 1 aromatic heterocycles. The molecule has 0 aliphatic rings. The fraction of sp³-hybridized carbons (Fsp3) is 0.0769. The average Bonchev–Trinajstić information content (AvgIpc) is 2.38. The van der Waals surface area contributed by atoms with Gasteiger partial charge in [-0.3, -0.25) is 4.98 Å². The molecular formula is C13H8F3NO2. The topological polar surface area (TPSA) is 50.2 Å². The predicted octanol–water partition coefficient (Wildman–Crippen LogP) is 3.47. The van der Waals surface area contributed by atoms with Crippen LogP contribution in [-0.4, -0.2) is 16.1 Å². The molecule has 0 saturated carbocycles. The molecule has 1 heterocycles. The second kappa shape index (κ2) is 4.72. The molecule has 0 spiro atoms. The van der Waals surface area contributed by atoms with Crippen molar-refractivity contribution in [3.8, 4) is 11.3 Å². The van der Waals surface area contributed by atoms with E-state index < -0.39 is 17.7 Å². The van der Waals surface area contributed by atoms with Crippen LogP contribution in [0.25, 0.3) is 11.3 Å². The van der Waals surface area contributed by atoms with Gasteiger partial charge in [0.2, 0.25) is 0 Å². The maximum Gasteiger partial charge on any atom is 0.418 e. The highest BCUT2D eigenvalue weighted by molar-refractivity contribution is 5.88. The standard InChI is InChI=1S/C13H8F3NO2/c14-13(15,16)10-2-1-7-17-11(10)8-3-5-9(6-4-8)12(18)19/h1-7H,(H,18,19). The lowest BCUT2D eigenvalue weighted by atomic mass is 10.0. The van der Waals surface area contributed by atoms with Gasteiger partial charge in [0.15, 0.2) is 0 Å². The Morgan fingerprint density at radius 1 is 1.11 bits per heavy atom. The minimum Gasteiger partial charge on any atom is -0.478 e. The molecule has 0 saturated heterocycles. The van der Waals surface area contributed by atoms with Crippen molar-refractivity contribution in [3.05, 3.63) is 53.7 Å². The number of rotatable bonds is 2. The summed E-state index contributed by atoms with van der Waals surface area (Å²) in [5.41, 5.74) is -0.837. The largest absolute Gasteiger partial charge is 0.478 e. The van der Waals surface area contributed by atoms with Crippen LogP contribution in [0.1, 0.15) is 15.9 Å². The normalized spacial score (nSPS) is 11.3. The number of aromatic nitrogens is 1. The van der Waals surface area contributed by atoms with Gasteiger partial charge in [-0.15, -0.1) is 0 Å². The molecule has 0 bridgehead atoms. The summed E-state index contributed by atoms with van der Waals surface area (Å²) in [5, 5.41) is 8.73. The van der Waals surface area contributed by atoms with Crippen LogP contribution in [-0.2, 0) is 6.18 Å². The van der Waals surface area contributed by atoms with Gasteiger partial charge in [0.1, 0.15) is 0 Å². The van der Waals surface area contributed by atoms with E-state index in [1.54, 1.807) is 0 Å². The summed E-state index contributed by atoms with van der Waals surface area (Å²) >= 11 is 0. The van der Waals surface area contributed by atoms with Gasteiger partial charge in [-0.25, -0.2) is 4.79 Å². The van der Waals surface area contributed by atoms with Crippen LogP contribution in [0.4, 0.5) is 13.2 Å². The molecule has 0 unspecified atom stereocenters. The molecule has 98 valence electrons. The first-order valence-corrected chi connectivity index (χ1v) is 5.25. The minimum absolute atomic E-state index is 0.00763. The van der Waals surface area contributed by atoms with Crippen molar-refractivity contribution in [1.82, 2.24) is 4.98 Å². The van der Waals surface area contributed by atoms with Crippen LogP contribution in [0.2, 0.25) is 0 Å². The van der Waals surface area contributed by atoms with E-state index in [1.165, 1.54) is 36.5 Å². The molecule has 0 amide bonds. The van der Waals surface area contributed by atoms with Crippen molar-refractivity contribution in [2.45, 2.75) is 6.18 Å². The second-order valence-electron chi connectivity index (χ2n) is 3.78. The highest BCUT2D eigenvalue weighted by Gasteiger charge is 2.34. The van der Waals surface area contributed by atoms with Crippen LogP contribution in [0.15, 0.2) is 42.6 Å². The molecule has 19 heavy (non-hydrogen) atoms. The zero-order valence-electron chi connectivity index (χ0n) is 9.48. The van der Waals surface area contributed by atoms with Crippen molar-refractivity contribution in [2.24, 2.45) is 0 Å². The first-order valence-electron chi connectivity index (χ1n) is 5.25. The van der Waals surface area contributed by atoms with E-state index in [1.807, 2.05) is 0 Å². The molecule has 1 aromatic carbocycles. The maximum atomic E-state index is 12.8. The maximum absolute atomic E-state index is 12.8. The van der Waals surface area contributed by atoms with Crippen LogP contribution in [0.5, 0.6) is 0 Å². The van der Waals surface area contributed by atoms with E-state index in [0.717, 1.165) is 6.07 Å². The SMILES string of the molecule is O=C(O)c1ccc(-c2ncccc2C(F)(F)F)cc1. The summed E-state index contributed by atoms with van der Waals surface area (Å²) < 4.78 is 38.4. The van der Waals surface area contributed by atoms with Crippen LogP contribution < -0.4 is 0 Å². The zero-order valence-corrected chi connectivity index (χ0v) is 9.48. The molecule has 1 N–H and O–H groups in total. The Hall–Kier alpha value is -2.37. The molecule has 0 fully saturated rings. The van der Waals surface area contributed by atoms with Gasteiger partial charge in [0.25, 0.3) is 0 Å². The van der Waals surface area contributed by atoms with Crippen LogP contribution in [0, 0.1) is 0 Å². The highest BCUT2D eigenvalue weighted by atomic mass is 19.4. The fourth-order valence-corrected chi connectivity index (χ4v) is 1.63. The van der Waals surface area contributed by atoms with Crippen molar-refractivity contribution < 1.29 is 23.1 Å². The molecule has 0 aliphatic heterocycles. The van der Waals surface area contributed by atoms with Crippen molar-refractivity contribution in [1.29, 1.82) is 0 Å². The van der Waals surface area contributed by atoms with Gasteiger partial charge in [0.05, 0.1) is 16.8 Å². The third-order valence-electron chi connectivity index (χ3n) is 2.52. The minimum atomic E-state index is -4.50. The Labute approximate surface area is 106 Å². The number of alkyl halides is 3. The lowest BCUT2D eigenvalue weighted by molar-refractivity contribution is -0.137. The monoisotopic (exact) mass is 267 g/mol. The number of carbonyl (C=O) groups is 1. The van der Waals surface area contributed by atoms with Crippen molar-refractivity contribution in [3.63, 3.8) is 0 Å². The Bertz CT molecular complexity index is 606. The van der Waals surface area contributed by atoms with Gasteiger partial charge in [-0.1, -0.05) is 12.1 Å². The predicted molar refractivity (Wildman–Crippen MR) is 61.6 cm³/mol. The van der Waals surface area contributed by atoms with Gasteiger partial charge < -0.3 is 5.11 Å². The number of carboxylic acid groups (broad SMARTS) is 1. The summed E-state index contributed by atoms with van der Waals surface area (Å²) in [5.74, 6) is -1.14. The molecule has 2 rings (SSSR count). The van der Waals surface area contributed by atoms with E-state index in [9.17, 15) is 18.0 Å².